The highest BCUT2D eigenvalue weighted by molar-refractivity contribution is 9.10. The number of anilines is 1. The van der Waals surface area contributed by atoms with Gasteiger partial charge in [0, 0.05) is 21.8 Å². The van der Waals surface area contributed by atoms with Crippen molar-refractivity contribution in [3.8, 4) is 22.8 Å². The van der Waals surface area contributed by atoms with E-state index in [0.717, 1.165) is 55.0 Å². The monoisotopic (exact) mass is 564 g/mol. The van der Waals surface area contributed by atoms with Crippen LogP contribution in [0.4, 0.5) is 5.95 Å². The van der Waals surface area contributed by atoms with Crippen molar-refractivity contribution in [3.63, 3.8) is 0 Å². The molecular formula is C31H25BrN4O2. The molecule has 1 atom stereocenters. The van der Waals surface area contributed by atoms with Crippen LogP contribution in [0, 0.1) is 0 Å². The molecule has 0 saturated heterocycles. The van der Waals surface area contributed by atoms with Crippen molar-refractivity contribution in [2.24, 2.45) is 5.10 Å². The van der Waals surface area contributed by atoms with Gasteiger partial charge >= 0.3 is 0 Å². The summed E-state index contributed by atoms with van der Waals surface area (Å²) < 4.78 is 11.7. The first-order chi connectivity index (χ1) is 18.6. The number of nitrogens with zero attached hydrogens (tertiary/aromatic N) is 4. The van der Waals surface area contributed by atoms with E-state index in [-0.39, 0.29) is 6.04 Å². The summed E-state index contributed by atoms with van der Waals surface area (Å²) in [6.07, 6.45) is 0.709. The normalized spacial score (nSPS) is 15.0. The molecule has 4 aromatic carbocycles. The number of methoxy groups -OCH3 is 2. The maximum atomic E-state index is 5.40. The maximum absolute atomic E-state index is 5.40. The molecule has 1 aromatic heterocycles. The second-order valence-electron chi connectivity index (χ2n) is 9.01. The molecule has 0 saturated carbocycles. The van der Waals surface area contributed by atoms with Crippen LogP contribution in [-0.2, 0) is 0 Å². The largest absolute Gasteiger partial charge is 0.497 e. The third-order valence-electron chi connectivity index (χ3n) is 6.73. The summed E-state index contributed by atoms with van der Waals surface area (Å²) in [4.78, 5) is 10.1. The van der Waals surface area contributed by atoms with E-state index in [4.69, 9.17) is 24.5 Å². The lowest BCUT2D eigenvalue weighted by molar-refractivity contribution is 0.414. The van der Waals surface area contributed by atoms with Gasteiger partial charge in [0.15, 0.2) is 0 Å². The third kappa shape index (κ3) is 4.61. The van der Waals surface area contributed by atoms with Crippen molar-refractivity contribution < 1.29 is 9.47 Å². The van der Waals surface area contributed by atoms with E-state index in [1.807, 2.05) is 71.7 Å². The lowest BCUT2D eigenvalue weighted by atomic mass is 9.98. The first kappa shape index (κ1) is 24.1. The molecule has 5 aromatic rings. The number of hydrogen-bond acceptors (Lipinski definition) is 6. The van der Waals surface area contributed by atoms with E-state index in [9.17, 15) is 0 Å². The van der Waals surface area contributed by atoms with Crippen LogP contribution < -0.4 is 14.5 Å². The summed E-state index contributed by atoms with van der Waals surface area (Å²) >= 11 is 3.61. The molecule has 0 amide bonds. The van der Waals surface area contributed by atoms with Gasteiger partial charge in [-0.05, 0) is 65.7 Å². The second kappa shape index (κ2) is 10.3. The van der Waals surface area contributed by atoms with E-state index >= 15 is 0 Å². The number of aromatic nitrogens is 2. The molecule has 0 spiro atoms. The molecule has 1 aliphatic heterocycles. The highest BCUT2D eigenvalue weighted by atomic mass is 79.9. The Hall–Kier alpha value is -4.23. The quantitative estimate of drug-likeness (QED) is 0.214. The Morgan fingerprint density at radius 2 is 1.45 bits per heavy atom. The van der Waals surface area contributed by atoms with Gasteiger partial charge in [-0.15, -0.1) is 0 Å². The summed E-state index contributed by atoms with van der Waals surface area (Å²) in [5, 5.41) is 8.02. The standard InChI is InChI=1S/C31H25BrN4O2/c1-37-24-13-8-20(9-14-24)28-19-29(21-10-15-25(38-2)16-11-21)36(35-28)31-33-27-17-12-23(32)18-26(27)30(34-31)22-6-4-3-5-7-22/h3-18,29H,19H2,1-2H3/t29-/m1/s1. The Labute approximate surface area is 229 Å². The van der Waals surface area contributed by atoms with Crippen LogP contribution in [-0.4, -0.2) is 29.9 Å². The van der Waals surface area contributed by atoms with Crippen molar-refractivity contribution in [1.29, 1.82) is 0 Å². The fraction of sp³-hybridized carbons (Fsp3) is 0.129. The number of ether oxygens (including phenoxy) is 2. The van der Waals surface area contributed by atoms with Gasteiger partial charge in [0.2, 0.25) is 5.95 Å². The summed E-state index contributed by atoms with van der Waals surface area (Å²) in [7, 11) is 3.34. The zero-order valence-corrected chi connectivity index (χ0v) is 22.6. The summed E-state index contributed by atoms with van der Waals surface area (Å²) in [6.45, 7) is 0. The van der Waals surface area contributed by atoms with Crippen LogP contribution in [0.1, 0.15) is 23.6 Å². The molecule has 0 fully saturated rings. The van der Waals surface area contributed by atoms with Crippen molar-refractivity contribution in [2.45, 2.75) is 12.5 Å². The number of fused-ring (bicyclic) bond motifs is 1. The van der Waals surface area contributed by atoms with Crippen molar-refractivity contribution in [1.82, 2.24) is 9.97 Å². The minimum atomic E-state index is -0.0745. The first-order valence-electron chi connectivity index (χ1n) is 12.3. The van der Waals surface area contributed by atoms with Crippen molar-refractivity contribution >= 4 is 38.5 Å². The average molecular weight is 565 g/mol. The van der Waals surface area contributed by atoms with Gasteiger partial charge in [-0.1, -0.05) is 58.4 Å². The van der Waals surface area contributed by atoms with Gasteiger partial charge in [0.1, 0.15) is 11.5 Å². The molecule has 0 aliphatic carbocycles. The molecule has 0 bridgehead atoms. The van der Waals surface area contributed by atoms with Gasteiger partial charge in [-0.25, -0.2) is 15.0 Å². The Kier molecular flexibility index (Phi) is 6.52. The molecule has 6 nitrogen and oxygen atoms in total. The zero-order valence-electron chi connectivity index (χ0n) is 21.0. The number of hydrogen-bond donors (Lipinski definition) is 0. The molecule has 7 heteroatoms. The van der Waals surface area contributed by atoms with Crippen LogP contribution in [0.25, 0.3) is 22.2 Å². The van der Waals surface area contributed by atoms with Crippen molar-refractivity contribution in [2.75, 3.05) is 19.2 Å². The SMILES string of the molecule is COc1ccc(C2=NN(c3nc(-c4ccccc4)c4cc(Br)ccc4n3)[C@@H](c3ccc(OC)cc3)C2)cc1. The Morgan fingerprint density at radius 3 is 2.13 bits per heavy atom. The molecule has 6 rings (SSSR count). The summed E-state index contributed by atoms with van der Waals surface area (Å²) in [5.41, 5.74) is 5.87. The Balaban J connectivity index is 1.51. The van der Waals surface area contributed by atoms with Crippen LogP contribution in [0.5, 0.6) is 11.5 Å². The molecular weight excluding hydrogens is 540 g/mol. The molecule has 0 N–H and O–H groups in total. The van der Waals surface area contributed by atoms with Gasteiger partial charge in [-0.2, -0.15) is 5.10 Å². The third-order valence-corrected chi connectivity index (χ3v) is 7.23. The number of rotatable bonds is 6. The lowest BCUT2D eigenvalue weighted by Gasteiger charge is -2.23. The van der Waals surface area contributed by atoms with Crippen LogP contribution in [0.3, 0.4) is 0 Å². The smallest absolute Gasteiger partial charge is 0.247 e. The minimum absolute atomic E-state index is 0.0745. The fourth-order valence-corrected chi connectivity index (χ4v) is 5.11. The minimum Gasteiger partial charge on any atom is -0.497 e. The second-order valence-corrected chi connectivity index (χ2v) is 9.93. The molecule has 188 valence electrons. The van der Waals surface area contributed by atoms with Crippen LogP contribution >= 0.6 is 15.9 Å². The number of halogens is 1. The predicted molar refractivity (Wildman–Crippen MR) is 155 cm³/mol. The fourth-order valence-electron chi connectivity index (χ4n) is 4.75. The Bertz CT molecular complexity index is 1620. The van der Waals surface area contributed by atoms with Gasteiger partial charge < -0.3 is 9.47 Å². The highest BCUT2D eigenvalue weighted by Crippen LogP contribution is 2.38. The molecule has 2 heterocycles. The van der Waals surface area contributed by atoms with E-state index < -0.39 is 0 Å². The van der Waals surface area contributed by atoms with Gasteiger partial charge in [0.05, 0.1) is 37.2 Å². The molecule has 1 aliphatic rings. The highest BCUT2D eigenvalue weighted by Gasteiger charge is 2.32. The zero-order chi connectivity index (χ0) is 26.1. The molecule has 38 heavy (non-hydrogen) atoms. The average Bonchev–Trinajstić information content (AvgIpc) is 3.43. The summed E-state index contributed by atoms with van der Waals surface area (Å²) in [6, 6.07) is 32.3. The summed E-state index contributed by atoms with van der Waals surface area (Å²) in [5.74, 6) is 2.18. The maximum Gasteiger partial charge on any atom is 0.247 e. The predicted octanol–water partition coefficient (Wildman–Crippen LogP) is 7.43. The number of hydrazone groups is 1. The van der Waals surface area contributed by atoms with Gasteiger partial charge in [0.25, 0.3) is 0 Å². The van der Waals surface area contributed by atoms with Gasteiger partial charge in [-0.3, -0.25) is 0 Å². The van der Waals surface area contributed by atoms with Crippen LogP contribution in [0.15, 0.2) is 107 Å². The van der Waals surface area contributed by atoms with E-state index in [1.165, 1.54) is 0 Å². The van der Waals surface area contributed by atoms with E-state index in [2.05, 4.69) is 46.3 Å². The molecule has 0 unspecified atom stereocenters. The van der Waals surface area contributed by atoms with Crippen LogP contribution in [0.2, 0.25) is 0 Å². The first-order valence-corrected chi connectivity index (χ1v) is 13.1. The van der Waals surface area contributed by atoms with E-state index in [1.54, 1.807) is 14.2 Å². The van der Waals surface area contributed by atoms with Crippen molar-refractivity contribution in [3.05, 3.63) is 113 Å². The van der Waals surface area contributed by atoms with E-state index in [0.29, 0.717) is 12.4 Å². The Morgan fingerprint density at radius 1 is 0.763 bits per heavy atom. The number of benzene rings is 4. The lowest BCUT2D eigenvalue weighted by Crippen LogP contribution is -2.21. The molecule has 0 radical (unpaired) electrons. The topological polar surface area (TPSA) is 59.8 Å².